The molecule has 0 spiro atoms. The first-order chi connectivity index (χ1) is 17.8. The molecule has 37 heavy (non-hydrogen) atoms. The van der Waals surface area contributed by atoms with E-state index in [1.807, 2.05) is 0 Å². The van der Waals surface area contributed by atoms with Gasteiger partial charge in [0.15, 0.2) is 10.6 Å². The van der Waals surface area contributed by atoms with Gasteiger partial charge in [0.2, 0.25) is 0 Å². The summed E-state index contributed by atoms with van der Waals surface area (Å²) in [4.78, 5) is 5.99. The van der Waals surface area contributed by atoms with Crippen molar-refractivity contribution < 1.29 is 0 Å². The maximum Gasteiger partial charge on any atom is 0.190 e. The number of aryl methyl sites for hydroxylation is 1. The zero-order chi connectivity index (χ0) is 24.3. The number of hydrogen-bond acceptors (Lipinski definition) is 4. The van der Waals surface area contributed by atoms with Crippen LogP contribution in [0.5, 0.6) is 0 Å². The molecule has 0 atom stereocenters. The maximum atomic E-state index is 4.99. The van der Waals surface area contributed by atoms with Gasteiger partial charge in [-0.05, 0) is 60.7 Å². The summed E-state index contributed by atoms with van der Waals surface area (Å²) in [6, 6.07) is 27.7. The lowest BCUT2D eigenvalue weighted by Gasteiger charge is -2.08. The smallest absolute Gasteiger partial charge is 0.190 e. The molecule has 1 aliphatic rings. The molecule has 0 N–H and O–H groups in total. The number of aromatic nitrogens is 4. The molecule has 188 valence electrons. The summed E-state index contributed by atoms with van der Waals surface area (Å²) in [7, 11) is 0. The average Bonchev–Trinajstić information content (AvgIpc) is 3.45. The van der Waals surface area contributed by atoms with Crippen molar-refractivity contribution in [2.75, 3.05) is 0 Å². The topological polar surface area (TPSA) is 48.0 Å². The number of thiazole rings is 1. The van der Waals surface area contributed by atoms with Crippen LogP contribution in [0, 0.1) is 0 Å². The van der Waals surface area contributed by atoms with Gasteiger partial charge in [0.1, 0.15) is 5.82 Å². The Hall–Kier alpha value is -3.29. The number of hydrogen-bond donors (Lipinski definition) is 0. The van der Waals surface area contributed by atoms with Crippen molar-refractivity contribution in [1.29, 1.82) is 0 Å². The molecule has 5 nitrogen and oxygen atoms in total. The molecule has 6 rings (SSSR count). The highest BCUT2D eigenvalue weighted by Crippen LogP contribution is 2.27. The molecule has 0 bridgehead atoms. The molecule has 3 heterocycles. The molecule has 0 radical (unpaired) electrons. The lowest BCUT2D eigenvalue weighted by atomic mass is 10.0. The van der Waals surface area contributed by atoms with Crippen molar-refractivity contribution in [3.05, 3.63) is 94.9 Å². The fraction of sp³-hybridized carbons (Fsp3) is 0.233. The van der Waals surface area contributed by atoms with Crippen molar-refractivity contribution in [2.24, 2.45) is 4.99 Å². The van der Waals surface area contributed by atoms with Gasteiger partial charge in [-0.3, -0.25) is 0 Å². The third kappa shape index (κ3) is 5.24. The molecule has 0 saturated heterocycles. The van der Waals surface area contributed by atoms with Crippen molar-refractivity contribution >= 4 is 34.0 Å². The van der Waals surface area contributed by atoms with Crippen LogP contribution in [0.15, 0.2) is 89.2 Å². The molecular formula is C30H30BrN5S. The van der Waals surface area contributed by atoms with E-state index in [9.17, 15) is 0 Å². The fourth-order valence-electron chi connectivity index (χ4n) is 4.91. The van der Waals surface area contributed by atoms with Crippen LogP contribution in [0.25, 0.3) is 33.8 Å². The van der Waals surface area contributed by atoms with E-state index in [2.05, 4.69) is 110 Å². The Morgan fingerprint density at radius 1 is 0.784 bits per heavy atom. The van der Waals surface area contributed by atoms with Crippen molar-refractivity contribution in [2.45, 2.75) is 45.7 Å². The summed E-state index contributed by atoms with van der Waals surface area (Å²) >= 11 is 1.68. The monoisotopic (exact) mass is 571 g/mol. The highest BCUT2D eigenvalue weighted by atomic mass is 79.9. The van der Waals surface area contributed by atoms with Crippen LogP contribution in [0.2, 0.25) is 0 Å². The molecule has 0 amide bonds. The number of halogens is 1. The summed E-state index contributed by atoms with van der Waals surface area (Å²) in [5.74, 6) is 2.09. The van der Waals surface area contributed by atoms with Gasteiger partial charge in [-0.2, -0.15) is 0 Å². The SMILES string of the molecule is Br.CCn1c(-c2ccc(-c3ccccc3)cc2)csc1=Nc1ccc(-c2nnc3n2CCCCC3)cc1. The first-order valence-corrected chi connectivity index (χ1v) is 13.6. The van der Waals surface area contributed by atoms with E-state index in [0.717, 1.165) is 47.2 Å². The Labute approximate surface area is 232 Å². The predicted octanol–water partition coefficient (Wildman–Crippen LogP) is 7.70. The van der Waals surface area contributed by atoms with Crippen LogP contribution >= 0.6 is 28.3 Å². The first-order valence-electron chi connectivity index (χ1n) is 12.7. The Bertz CT molecular complexity index is 1530. The molecular weight excluding hydrogens is 542 g/mol. The summed E-state index contributed by atoms with van der Waals surface area (Å²) in [5.41, 5.74) is 6.92. The van der Waals surface area contributed by atoms with Gasteiger partial charge in [-0.25, -0.2) is 4.99 Å². The molecule has 2 aromatic heterocycles. The highest BCUT2D eigenvalue weighted by molar-refractivity contribution is 8.93. The van der Waals surface area contributed by atoms with E-state index in [1.165, 1.54) is 41.6 Å². The molecule has 0 fully saturated rings. The number of benzene rings is 3. The Balaban J connectivity index is 0.00000280. The Kier molecular flexibility index (Phi) is 7.82. The van der Waals surface area contributed by atoms with E-state index in [-0.39, 0.29) is 17.0 Å². The largest absolute Gasteiger partial charge is 0.317 e. The van der Waals surface area contributed by atoms with E-state index in [1.54, 1.807) is 11.3 Å². The summed E-state index contributed by atoms with van der Waals surface area (Å²) in [5, 5.41) is 11.1. The van der Waals surface area contributed by atoms with E-state index < -0.39 is 0 Å². The maximum absolute atomic E-state index is 4.99. The lowest BCUT2D eigenvalue weighted by molar-refractivity contribution is 0.636. The Morgan fingerprint density at radius 2 is 1.49 bits per heavy atom. The fourth-order valence-corrected chi connectivity index (χ4v) is 5.91. The van der Waals surface area contributed by atoms with Crippen molar-refractivity contribution in [3.63, 3.8) is 0 Å². The molecule has 0 unspecified atom stereocenters. The predicted molar refractivity (Wildman–Crippen MR) is 157 cm³/mol. The third-order valence-corrected chi connectivity index (χ3v) is 7.73. The minimum absolute atomic E-state index is 0. The average molecular weight is 573 g/mol. The summed E-state index contributed by atoms with van der Waals surface area (Å²) in [6.45, 7) is 4.04. The number of nitrogens with zero attached hydrogens (tertiary/aromatic N) is 5. The lowest BCUT2D eigenvalue weighted by Crippen LogP contribution is -2.14. The van der Waals surface area contributed by atoms with E-state index in [0.29, 0.717) is 0 Å². The second-order valence-electron chi connectivity index (χ2n) is 9.15. The third-order valence-electron chi connectivity index (χ3n) is 6.86. The van der Waals surface area contributed by atoms with Gasteiger partial charge in [0, 0.05) is 30.5 Å². The van der Waals surface area contributed by atoms with Crippen LogP contribution in [-0.4, -0.2) is 19.3 Å². The standard InChI is InChI=1S/C30H29N5S.BrH/c1-2-34-27(24-14-12-23(13-15-24)22-9-5-3-6-10-22)21-36-30(34)31-26-18-16-25(17-19-26)29-33-32-28-11-7-4-8-20-35(28)29;/h3,5-6,9-10,12-19,21H,2,4,7-8,11,20H2,1H3;1H. The van der Waals surface area contributed by atoms with E-state index >= 15 is 0 Å². The van der Waals surface area contributed by atoms with Crippen LogP contribution in [-0.2, 0) is 19.5 Å². The van der Waals surface area contributed by atoms with Crippen LogP contribution < -0.4 is 4.80 Å². The quantitative estimate of drug-likeness (QED) is 0.217. The van der Waals surface area contributed by atoms with Gasteiger partial charge in [-0.15, -0.1) is 38.5 Å². The summed E-state index contributed by atoms with van der Waals surface area (Å²) < 4.78 is 4.58. The number of rotatable bonds is 5. The minimum atomic E-state index is 0. The van der Waals surface area contributed by atoms with Gasteiger partial charge in [0.25, 0.3) is 0 Å². The van der Waals surface area contributed by atoms with E-state index in [4.69, 9.17) is 4.99 Å². The minimum Gasteiger partial charge on any atom is -0.317 e. The van der Waals surface area contributed by atoms with Gasteiger partial charge in [0.05, 0.1) is 11.4 Å². The second-order valence-corrected chi connectivity index (χ2v) is 9.99. The molecule has 3 aromatic carbocycles. The normalized spacial score (nSPS) is 13.6. The van der Waals surface area contributed by atoms with Gasteiger partial charge in [-0.1, -0.05) is 61.0 Å². The van der Waals surface area contributed by atoms with Crippen LogP contribution in [0.3, 0.4) is 0 Å². The molecule has 0 saturated carbocycles. The van der Waals surface area contributed by atoms with Crippen molar-refractivity contribution in [1.82, 2.24) is 19.3 Å². The first kappa shape index (κ1) is 25.4. The Morgan fingerprint density at radius 3 is 2.24 bits per heavy atom. The zero-order valence-electron chi connectivity index (χ0n) is 20.9. The zero-order valence-corrected chi connectivity index (χ0v) is 23.4. The van der Waals surface area contributed by atoms with Gasteiger partial charge < -0.3 is 9.13 Å². The second kappa shape index (κ2) is 11.4. The van der Waals surface area contributed by atoms with Crippen molar-refractivity contribution in [3.8, 4) is 33.8 Å². The highest BCUT2D eigenvalue weighted by Gasteiger charge is 2.16. The van der Waals surface area contributed by atoms with Crippen LogP contribution in [0.4, 0.5) is 5.69 Å². The number of fused-ring (bicyclic) bond motifs is 1. The molecule has 5 aromatic rings. The summed E-state index contributed by atoms with van der Waals surface area (Å²) in [6.07, 6.45) is 4.68. The van der Waals surface area contributed by atoms with Crippen LogP contribution in [0.1, 0.15) is 32.0 Å². The molecule has 0 aliphatic carbocycles. The van der Waals surface area contributed by atoms with Gasteiger partial charge >= 0.3 is 0 Å². The molecule has 7 heteroatoms. The molecule has 1 aliphatic heterocycles.